The van der Waals surface area contributed by atoms with Crippen LogP contribution in [0.1, 0.15) is 26.5 Å². The molecule has 0 bridgehead atoms. The number of aromatic nitrogens is 2. The van der Waals surface area contributed by atoms with E-state index in [0.29, 0.717) is 16.5 Å². The van der Waals surface area contributed by atoms with Gasteiger partial charge in [0.05, 0.1) is 18.8 Å². The molecule has 4 rings (SSSR count). The summed E-state index contributed by atoms with van der Waals surface area (Å²) in [7, 11) is 0. The van der Waals surface area contributed by atoms with Crippen LogP contribution in [0.2, 0.25) is 0 Å². The number of imidazole rings is 1. The van der Waals surface area contributed by atoms with Crippen molar-refractivity contribution in [1.82, 2.24) is 14.5 Å². The van der Waals surface area contributed by atoms with Gasteiger partial charge in [0.25, 0.3) is 11.8 Å². The number of carbonyl (C=O) groups is 2. The Morgan fingerprint density at radius 3 is 2.50 bits per heavy atom. The van der Waals surface area contributed by atoms with Gasteiger partial charge < -0.3 is 9.67 Å². The summed E-state index contributed by atoms with van der Waals surface area (Å²) in [6.07, 6.45) is 3.56. The van der Waals surface area contributed by atoms with Crippen molar-refractivity contribution < 1.29 is 14.7 Å². The van der Waals surface area contributed by atoms with Crippen molar-refractivity contribution in [1.29, 1.82) is 0 Å². The first kappa shape index (κ1) is 14.6. The average molecular weight is 321 g/mol. The Morgan fingerprint density at radius 1 is 1.08 bits per heavy atom. The third-order valence-corrected chi connectivity index (χ3v) is 4.38. The van der Waals surface area contributed by atoms with E-state index in [2.05, 4.69) is 4.98 Å². The average Bonchev–Trinajstić information content (AvgIpc) is 3.02. The first-order valence-electron chi connectivity index (χ1n) is 7.66. The lowest BCUT2D eigenvalue weighted by Gasteiger charge is -2.27. The minimum Gasteiger partial charge on any atom is -0.395 e. The van der Waals surface area contributed by atoms with Crippen LogP contribution in [-0.2, 0) is 0 Å². The predicted molar refractivity (Wildman–Crippen MR) is 88.3 cm³/mol. The van der Waals surface area contributed by atoms with Gasteiger partial charge in [-0.3, -0.25) is 14.5 Å². The lowest BCUT2D eigenvalue weighted by Crippen LogP contribution is -2.42. The van der Waals surface area contributed by atoms with Crippen LogP contribution in [0.15, 0.2) is 42.7 Å². The maximum Gasteiger partial charge on any atom is 0.261 e. The zero-order valence-corrected chi connectivity index (χ0v) is 13.1. The second-order valence-corrected chi connectivity index (χ2v) is 5.69. The molecular weight excluding hydrogens is 306 g/mol. The standard InChI is InChI=1S/C18H15N3O3/c1-11-19-7-8-20(11)15-6-5-14-16-12(15)3-2-4-13(16)17(23)21(9-10-22)18(14)24/h2-8,22H,9-10H2,1H3. The number of hydrogen-bond donors (Lipinski definition) is 1. The number of nitrogens with zero attached hydrogens (tertiary/aromatic N) is 3. The summed E-state index contributed by atoms with van der Waals surface area (Å²) in [6.45, 7) is 1.64. The number of hydrogen-bond acceptors (Lipinski definition) is 4. The van der Waals surface area contributed by atoms with Crippen molar-refractivity contribution >= 4 is 22.6 Å². The largest absolute Gasteiger partial charge is 0.395 e. The molecule has 0 radical (unpaired) electrons. The van der Waals surface area contributed by atoms with Gasteiger partial charge in [-0.25, -0.2) is 4.98 Å². The van der Waals surface area contributed by atoms with E-state index in [-0.39, 0.29) is 25.0 Å². The van der Waals surface area contributed by atoms with Crippen molar-refractivity contribution in [2.75, 3.05) is 13.2 Å². The van der Waals surface area contributed by atoms with Crippen molar-refractivity contribution in [2.45, 2.75) is 6.92 Å². The van der Waals surface area contributed by atoms with Crippen molar-refractivity contribution in [3.05, 3.63) is 59.7 Å². The summed E-state index contributed by atoms with van der Waals surface area (Å²) in [4.78, 5) is 30.6. The normalized spacial score (nSPS) is 13.8. The maximum absolute atomic E-state index is 12.6. The number of imide groups is 1. The SMILES string of the molecule is Cc1nccn1-c1ccc2c3c(cccc13)C(=O)N(CCO)C2=O. The molecule has 0 saturated heterocycles. The van der Waals surface area contributed by atoms with Crippen molar-refractivity contribution in [2.24, 2.45) is 0 Å². The molecule has 0 unspecified atom stereocenters. The van der Waals surface area contributed by atoms with Gasteiger partial charge in [0.15, 0.2) is 0 Å². The minimum absolute atomic E-state index is 0.00409. The number of aryl methyl sites for hydroxylation is 1. The fraction of sp³-hybridized carbons (Fsp3) is 0.167. The highest BCUT2D eigenvalue weighted by atomic mass is 16.3. The van der Waals surface area contributed by atoms with E-state index < -0.39 is 0 Å². The van der Waals surface area contributed by atoms with Crippen LogP contribution in [0.25, 0.3) is 16.5 Å². The number of aliphatic hydroxyl groups is 1. The molecule has 1 aliphatic rings. The highest BCUT2D eigenvalue weighted by molar-refractivity contribution is 6.26. The van der Waals surface area contributed by atoms with Crippen LogP contribution in [-0.4, -0.2) is 44.5 Å². The Hall–Kier alpha value is -2.99. The highest BCUT2D eigenvalue weighted by Crippen LogP contribution is 2.33. The number of amides is 2. The van der Waals surface area contributed by atoms with Gasteiger partial charge in [-0.2, -0.15) is 0 Å². The summed E-state index contributed by atoms with van der Waals surface area (Å²) in [5, 5.41) is 10.6. The molecule has 0 fully saturated rings. The molecule has 120 valence electrons. The molecule has 0 spiro atoms. The van der Waals surface area contributed by atoms with Gasteiger partial charge in [-0.15, -0.1) is 0 Å². The first-order valence-corrected chi connectivity index (χ1v) is 7.66. The van der Waals surface area contributed by atoms with Crippen molar-refractivity contribution in [3.63, 3.8) is 0 Å². The summed E-state index contributed by atoms with van der Waals surface area (Å²) in [5.74, 6) is 0.0874. The Bertz CT molecular complexity index is 968. The first-order chi connectivity index (χ1) is 11.6. The molecule has 2 aromatic carbocycles. The van der Waals surface area contributed by atoms with Gasteiger partial charge in [0.1, 0.15) is 5.82 Å². The van der Waals surface area contributed by atoms with Crippen LogP contribution in [0, 0.1) is 6.92 Å². The predicted octanol–water partition coefficient (Wildman–Crippen LogP) is 1.92. The monoisotopic (exact) mass is 321 g/mol. The molecule has 24 heavy (non-hydrogen) atoms. The van der Waals surface area contributed by atoms with Gasteiger partial charge >= 0.3 is 0 Å². The van der Waals surface area contributed by atoms with Gasteiger partial charge in [-0.1, -0.05) is 12.1 Å². The Kier molecular flexibility index (Phi) is 3.21. The van der Waals surface area contributed by atoms with Crippen LogP contribution >= 0.6 is 0 Å². The third kappa shape index (κ3) is 1.90. The van der Waals surface area contributed by atoms with Crippen molar-refractivity contribution in [3.8, 4) is 5.69 Å². The molecule has 0 atom stereocenters. The second-order valence-electron chi connectivity index (χ2n) is 5.69. The van der Waals surface area contributed by atoms with E-state index in [9.17, 15) is 9.59 Å². The van der Waals surface area contributed by atoms with Gasteiger partial charge in [-0.05, 0) is 25.1 Å². The molecule has 1 aliphatic heterocycles. The van der Waals surface area contributed by atoms with E-state index >= 15 is 0 Å². The third-order valence-electron chi connectivity index (χ3n) is 4.38. The smallest absolute Gasteiger partial charge is 0.261 e. The number of carbonyl (C=O) groups excluding carboxylic acids is 2. The van der Waals surface area contributed by atoms with Crippen LogP contribution in [0.5, 0.6) is 0 Å². The van der Waals surface area contributed by atoms with E-state index in [1.54, 1.807) is 18.3 Å². The Balaban J connectivity index is 2.03. The number of benzene rings is 2. The molecule has 2 heterocycles. The van der Waals surface area contributed by atoms with E-state index in [1.165, 1.54) is 0 Å². The second kappa shape index (κ2) is 5.28. The Morgan fingerprint density at radius 2 is 1.83 bits per heavy atom. The summed E-state index contributed by atoms with van der Waals surface area (Å²) >= 11 is 0. The lowest BCUT2D eigenvalue weighted by atomic mass is 9.93. The molecule has 0 aliphatic carbocycles. The molecule has 1 aromatic heterocycles. The van der Waals surface area contributed by atoms with Gasteiger partial charge in [0.2, 0.25) is 0 Å². The topological polar surface area (TPSA) is 75.4 Å². The van der Waals surface area contributed by atoms with Gasteiger partial charge in [0, 0.05) is 34.3 Å². The van der Waals surface area contributed by atoms with Crippen LogP contribution in [0.4, 0.5) is 0 Å². The van der Waals surface area contributed by atoms with Crippen LogP contribution < -0.4 is 0 Å². The molecular formula is C18H15N3O3. The molecule has 2 amide bonds. The molecule has 6 heteroatoms. The number of rotatable bonds is 3. The summed E-state index contributed by atoms with van der Waals surface area (Å²) in [5.41, 5.74) is 1.84. The fourth-order valence-corrected chi connectivity index (χ4v) is 3.28. The van der Waals surface area contributed by atoms with Crippen LogP contribution in [0.3, 0.4) is 0 Å². The Labute approximate surface area is 138 Å². The number of aliphatic hydroxyl groups excluding tert-OH is 1. The summed E-state index contributed by atoms with van der Waals surface area (Å²) < 4.78 is 1.93. The van der Waals surface area contributed by atoms with E-state index in [1.807, 2.05) is 35.9 Å². The molecule has 0 saturated carbocycles. The minimum atomic E-state index is -0.369. The van der Waals surface area contributed by atoms with E-state index in [4.69, 9.17) is 5.11 Å². The maximum atomic E-state index is 12.6. The molecule has 1 N–H and O–H groups in total. The zero-order valence-electron chi connectivity index (χ0n) is 13.1. The summed E-state index contributed by atoms with van der Waals surface area (Å²) in [6, 6.07) is 9.03. The molecule has 6 nitrogen and oxygen atoms in total. The fourth-order valence-electron chi connectivity index (χ4n) is 3.28. The van der Waals surface area contributed by atoms with E-state index in [0.717, 1.165) is 21.8 Å². The zero-order chi connectivity index (χ0) is 16.8. The quantitative estimate of drug-likeness (QED) is 0.748. The lowest BCUT2D eigenvalue weighted by molar-refractivity contribution is 0.0580. The number of β-amino-alcohol motifs (C(OH)–C–C–N with tert-alkyl or cyclic N) is 1. The molecule has 3 aromatic rings. The highest BCUT2D eigenvalue weighted by Gasteiger charge is 2.32.